The lowest BCUT2D eigenvalue weighted by Crippen LogP contribution is -2.36. The summed E-state index contributed by atoms with van der Waals surface area (Å²) in [7, 11) is 0. The summed E-state index contributed by atoms with van der Waals surface area (Å²) in [4.78, 5) is 11.0. The van der Waals surface area contributed by atoms with Gasteiger partial charge >= 0.3 is 0 Å². The van der Waals surface area contributed by atoms with Gasteiger partial charge in [0.15, 0.2) is 0 Å². The van der Waals surface area contributed by atoms with E-state index in [1.54, 1.807) is 17.7 Å². The molecule has 0 spiro atoms. The number of aliphatic hydroxyl groups excluding tert-OH is 1. The highest BCUT2D eigenvalue weighted by Crippen LogP contribution is 2.35. The van der Waals surface area contributed by atoms with Crippen LogP contribution in [0.2, 0.25) is 0 Å². The number of aliphatic hydroxyl groups is 1. The van der Waals surface area contributed by atoms with Crippen LogP contribution in [-0.2, 0) is 0 Å². The molecule has 1 aliphatic rings. The molecule has 1 aliphatic carbocycles. The van der Waals surface area contributed by atoms with Crippen LogP contribution in [0.5, 0.6) is 0 Å². The average molecular weight is 325 g/mol. The highest BCUT2D eigenvalue weighted by atomic mass is 32.1. The summed E-state index contributed by atoms with van der Waals surface area (Å²) in [6, 6.07) is 12.6. The Morgan fingerprint density at radius 1 is 1.09 bits per heavy atom. The molecule has 2 atom stereocenters. The van der Waals surface area contributed by atoms with Gasteiger partial charge in [-0.25, -0.2) is 9.97 Å². The first-order chi connectivity index (χ1) is 11.3. The van der Waals surface area contributed by atoms with Crippen molar-refractivity contribution in [3.05, 3.63) is 42.7 Å². The number of anilines is 1. The van der Waals surface area contributed by atoms with Crippen molar-refractivity contribution in [3.63, 3.8) is 0 Å². The Labute approximate surface area is 139 Å². The topological polar surface area (TPSA) is 58.0 Å². The van der Waals surface area contributed by atoms with E-state index in [4.69, 9.17) is 0 Å². The van der Waals surface area contributed by atoms with Crippen molar-refractivity contribution >= 4 is 27.4 Å². The number of hydrogen-bond donors (Lipinski definition) is 2. The standard InChI is InChI=1S/C18H19N3OS/c22-15-9-5-4-8-14(15)21-17-13-10-16(12-6-2-1-3-7-12)23-18(13)20-11-19-17/h1-3,6-7,10-11,14-15,22H,4-5,8-9H2,(H,19,20,21)/t14-,15+/m0/s1. The fourth-order valence-corrected chi connectivity index (χ4v) is 4.17. The number of benzene rings is 1. The molecule has 2 N–H and O–H groups in total. The molecule has 118 valence electrons. The summed E-state index contributed by atoms with van der Waals surface area (Å²) in [6.45, 7) is 0. The molecule has 0 saturated heterocycles. The Kier molecular flexibility index (Phi) is 3.97. The molecule has 4 nitrogen and oxygen atoms in total. The molecule has 4 rings (SSSR count). The van der Waals surface area contributed by atoms with Gasteiger partial charge in [0.2, 0.25) is 0 Å². The molecule has 5 heteroatoms. The summed E-state index contributed by atoms with van der Waals surface area (Å²) in [6.07, 6.45) is 5.43. The van der Waals surface area contributed by atoms with Crippen LogP contribution in [0.4, 0.5) is 5.82 Å². The zero-order valence-corrected chi connectivity index (χ0v) is 13.6. The van der Waals surface area contributed by atoms with Crippen molar-refractivity contribution < 1.29 is 5.11 Å². The maximum atomic E-state index is 10.2. The van der Waals surface area contributed by atoms with Crippen LogP contribution in [0.15, 0.2) is 42.7 Å². The molecular formula is C18H19N3OS. The monoisotopic (exact) mass is 325 g/mol. The minimum atomic E-state index is -0.291. The number of rotatable bonds is 3. The summed E-state index contributed by atoms with van der Waals surface area (Å²) < 4.78 is 0. The third-order valence-corrected chi connectivity index (χ3v) is 5.53. The first-order valence-corrected chi connectivity index (χ1v) is 8.87. The van der Waals surface area contributed by atoms with Crippen LogP contribution in [0.1, 0.15) is 25.7 Å². The minimum Gasteiger partial charge on any atom is -0.391 e. The minimum absolute atomic E-state index is 0.0851. The van der Waals surface area contributed by atoms with Crippen LogP contribution in [0.25, 0.3) is 20.7 Å². The molecule has 2 aromatic heterocycles. The number of thiophene rings is 1. The number of fused-ring (bicyclic) bond motifs is 1. The van der Waals surface area contributed by atoms with Crippen LogP contribution >= 0.6 is 11.3 Å². The second-order valence-electron chi connectivity index (χ2n) is 6.02. The molecule has 0 amide bonds. The van der Waals surface area contributed by atoms with E-state index in [9.17, 15) is 5.11 Å². The van der Waals surface area contributed by atoms with E-state index in [0.29, 0.717) is 0 Å². The van der Waals surface area contributed by atoms with Gasteiger partial charge in [0, 0.05) is 4.88 Å². The lowest BCUT2D eigenvalue weighted by atomic mass is 9.92. The SMILES string of the molecule is O[C@@H]1CCCC[C@@H]1Nc1ncnc2sc(-c3ccccc3)cc12. The van der Waals surface area contributed by atoms with E-state index in [1.807, 2.05) is 18.2 Å². The third kappa shape index (κ3) is 2.94. The summed E-state index contributed by atoms with van der Waals surface area (Å²) in [5.74, 6) is 0.833. The second kappa shape index (κ2) is 6.26. The van der Waals surface area contributed by atoms with Gasteiger partial charge in [0.05, 0.1) is 17.5 Å². The van der Waals surface area contributed by atoms with Crippen LogP contribution in [0.3, 0.4) is 0 Å². The molecule has 1 fully saturated rings. The maximum absolute atomic E-state index is 10.2. The Morgan fingerprint density at radius 2 is 1.91 bits per heavy atom. The molecular weight excluding hydrogens is 306 g/mol. The largest absolute Gasteiger partial charge is 0.391 e. The van der Waals surface area contributed by atoms with Crippen LogP contribution in [0, 0.1) is 0 Å². The lowest BCUT2D eigenvalue weighted by Gasteiger charge is -2.28. The Bertz CT molecular complexity index is 802. The van der Waals surface area contributed by atoms with Gasteiger partial charge in [0.1, 0.15) is 17.0 Å². The Hall–Kier alpha value is -1.98. The van der Waals surface area contributed by atoms with Gasteiger partial charge in [-0.15, -0.1) is 11.3 Å². The van der Waals surface area contributed by atoms with Gasteiger partial charge < -0.3 is 10.4 Å². The Morgan fingerprint density at radius 3 is 2.74 bits per heavy atom. The van der Waals surface area contributed by atoms with Crippen molar-refractivity contribution in [3.8, 4) is 10.4 Å². The van der Waals surface area contributed by atoms with Crippen molar-refractivity contribution in [1.82, 2.24) is 9.97 Å². The molecule has 0 aliphatic heterocycles. The fraction of sp³-hybridized carbons (Fsp3) is 0.333. The number of nitrogens with one attached hydrogen (secondary N) is 1. The molecule has 0 radical (unpaired) electrons. The molecule has 1 aromatic carbocycles. The highest BCUT2D eigenvalue weighted by molar-refractivity contribution is 7.21. The number of hydrogen-bond acceptors (Lipinski definition) is 5. The van der Waals surface area contributed by atoms with Gasteiger partial charge in [-0.3, -0.25) is 0 Å². The van der Waals surface area contributed by atoms with E-state index < -0.39 is 0 Å². The van der Waals surface area contributed by atoms with Crippen molar-refractivity contribution in [1.29, 1.82) is 0 Å². The maximum Gasteiger partial charge on any atom is 0.138 e. The highest BCUT2D eigenvalue weighted by Gasteiger charge is 2.24. The fourth-order valence-electron chi connectivity index (χ4n) is 3.17. The van der Waals surface area contributed by atoms with Crippen LogP contribution < -0.4 is 5.32 Å². The molecule has 2 heterocycles. The molecule has 0 bridgehead atoms. The number of nitrogens with zero attached hydrogens (tertiary/aromatic N) is 2. The van der Waals surface area contributed by atoms with Crippen LogP contribution in [-0.4, -0.2) is 27.2 Å². The van der Waals surface area contributed by atoms with E-state index in [0.717, 1.165) is 41.7 Å². The second-order valence-corrected chi connectivity index (χ2v) is 7.05. The first kappa shape index (κ1) is 14.6. The molecule has 23 heavy (non-hydrogen) atoms. The van der Waals surface area contributed by atoms with E-state index in [2.05, 4.69) is 33.5 Å². The summed E-state index contributed by atoms with van der Waals surface area (Å²) >= 11 is 1.67. The predicted octanol–water partition coefficient (Wildman–Crippen LogP) is 4.07. The number of aromatic nitrogens is 2. The van der Waals surface area contributed by atoms with Gasteiger partial charge in [-0.1, -0.05) is 43.2 Å². The molecule has 3 aromatic rings. The van der Waals surface area contributed by atoms with Crippen molar-refractivity contribution in [2.24, 2.45) is 0 Å². The first-order valence-electron chi connectivity index (χ1n) is 8.06. The normalized spacial score (nSPS) is 21.4. The van der Waals surface area contributed by atoms with Gasteiger partial charge in [0.25, 0.3) is 0 Å². The summed E-state index contributed by atoms with van der Waals surface area (Å²) in [5, 5.41) is 14.7. The van der Waals surface area contributed by atoms with Crippen molar-refractivity contribution in [2.45, 2.75) is 37.8 Å². The zero-order chi connectivity index (χ0) is 15.6. The van der Waals surface area contributed by atoms with Crippen molar-refractivity contribution in [2.75, 3.05) is 5.32 Å². The third-order valence-electron chi connectivity index (χ3n) is 4.44. The molecule has 1 saturated carbocycles. The predicted molar refractivity (Wildman–Crippen MR) is 94.7 cm³/mol. The zero-order valence-electron chi connectivity index (χ0n) is 12.8. The van der Waals surface area contributed by atoms with Gasteiger partial charge in [-0.2, -0.15) is 0 Å². The van der Waals surface area contributed by atoms with E-state index in [1.165, 1.54) is 10.4 Å². The summed E-state index contributed by atoms with van der Waals surface area (Å²) in [5.41, 5.74) is 1.19. The van der Waals surface area contributed by atoms with E-state index >= 15 is 0 Å². The average Bonchev–Trinajstić information content (AvgIpc) is 3.03. The quantitative estimate of drug-likeness (QED) is 0.762. The Balaban J connectivity index is 1.69. The van der Waals surface area contributed by atoms with Gasteiger partial charge in [-0.05, 0) is 24.5 Å². The smallest absolute Gasteiger partial charge is 0.138 e. The van der Waals surface area contributed by atoms with E-state index in [-0.39, 0.29) is 12.1 Å². The lowest BCUT2D eigenvalue weighted by molar-refractivity contribution is 0.116. The molecule has 0 unspecified atom stereocenters.